The molecule has 2 unspecified atom stereocenters. The standard InChI is InChI=1S/C15H32N3O9P/c19-8-11(21)12(22)10(20)7-16-13-9(14(23)18-15(24)17-13)5-3-1-2-4-6-28(25,26)27/h10-13,15-24H,1-8H2,(H2,25,26,27)/t10-,11+,12-,13?,15?/m0/s1. The summed E-state index contributed by atoms with van der Waals surface area (Å²) in [5.74, 6) is -0.232. The van der Waals surface area contributed by atoms with E-state index in [-0.39, 0.29) is 18.6 Å². The molecule has 0 fully saturated rings. The largest absolute Gasteiger partial charge is 0.495 e. The van der Waals surface area contributed by atoms with Gasteiger partial charge in [0.05, 0.1) is 18.9 Å². The van der Waals surface area contributed by atoms with Crippen LogP contribution in [0.2, 0.25) is 0 Å². The lowest BCUT2D eigenvalue weighted by atomic mass is 10.0. The van der Waals surface area contributed by atoms with Crippen molar-refractivity contribution in [2.45, 2.75) is 62.9 Å². The Morgan fingerprint density at radius 1 is 1.07 bits per heavy atom. The molecule has 0 saturated carbocycles. The Hall–Kier alpha value is -0.790. The van der Waals surface area contributed by atoms with Gasteiger partial charge in [0, 0.05) is 18.3 Å². The molecule has 0 amide bonds. The van der Waals surface area contributed by atoms with Gasteiger partial charge in [-0.2, -0.15) is 0 Å². The van der Waals surface area contributed by atoms with Crippen LogP contribution in [0.25, 0.3) is 0 Å². The average Bonchev–Trinajstić information content (AvgIpc) is 2.61. The first kappa shape index (κ1) is 25.2. The van der Waals surface area contributed by atoms with E-state index in [4.69, 9.17) is 14.9 Å². The van der Waals surface area contributed by atoms with Gasteiger partial charge >= 0.3 is 7.60 Å². The summed E-state index contributed by atoms with van der Waals surface area (Å²) in [4.78, 5) is 17.6. The molecule has 0 radical (unpaired) electrons. The fraction of sp³-hybridized carbons (Fsp3) is 0.867. The minimum Gasteiger partial charge on any atom is -0.495 e. The normalized spacial score (nSPS) is 24.0. The number of rotatable bonds is 13. The van der Waals surface area contributed by atoms with Gasteiger partial charge in [-0.1, -0.05) is 12.8 Å². The van der Waals surface area contributed by atoms with Crippen molar-refractivity contribution >= 4 is 7.60 Å². The second-order valence-electron chi connectivity index (χ2n) is 6.79. The first-order valence-corrected chi connectivity index (χ1v) is 10.9. The molecular weight excluding hydrogens is 397 g/mol. The van der Waals surface area contributed by atoms with Gasteiger partial charge < -0.3 is 45.7 Å². The summed E-state index contributed by atoms with van der Waals surface area (Å²) >= 11 is 0. The lowest BCUT2D eigenvalue weighted by molar-refractivity contribution is -0.0761. The first-order chi connectivity index (χ1) is 13.0. The smallest absolute Gasteiger partial charge is 0.325 e. The highest BCUT2D eigenvalue weighted by molar-refractivity contribution is 7.51. The van der Waals surface area contributed by atoms with Gasteiger partial charge in [0.15, 0.2) is 12.2 Å². The lowest BCUT2D eigenvalue weighted by Crippen LogP contribution is -2.59. The van der Waals surface area contributed by atoms with Crippen LogP contribution in [0.1, 0.15) is 32.1 Å². The predicted molar refractivity (Wildman–Crippen MR) is 98.8 cm³/mol. The van der Waals surface area contributed by atoms with Gasteiger partial charge in [-0.3, -0.25) is 15.2 Å². The molecule has 0 aromatic carbocycles. The third-order valence-electron chi connectivity index (χ3n) is 4.40. The van der Waals surface area contributed by atoms with Gasteiger partial charge in [0.2, 0.25) is 0 Å². The van der Waals surface area contributed by atoms with Crippen LogP contribution >= 0.6 is 7.60 Å². The third kappa shape index (κ3) is 9.14. The Morgan fingerprint density at radius 2 is 1.71 bits per heavy atom. The van der Waals surface area contributed by atoms with Crippen LogP contribution in [0.15, 0.2) is 11.5 Å². The molecule has 0 aromatic heterocycles. The van der Waals surface area contributed by atoms with E-state index in [9.17, 15) is 30.1 Å². The van der Waals surface area contributed by atoms with E-state index in [0.717, 1.165) is 0 Å². The Morgan fingerprint density at radius 3 is 2.32 bits per heavy atom. The molecule has 5 atom stereocenters. The minimum atomic E-state index is -3.99. The number of hydrogen-bond acceptors (Lipinski definition) is 10. The van der Waals surface area contributed by atoms with Crippen LogP contribution in [-0.4, -0.2) is 90.6 Å². The highest BCUT2D eigenvalue weighted by Crippen LogP contribution is 2.35. The highest BCUT2D eigenvalue weighted by Gasteiger charge is 2.29. The SMILES string of the molecule is O=P(O)(O)CCCCCCC1=C(O)NC(O)NC1NC[C@H](O)[C@H](O)[C@H](O)CO. The zero-order chi connectivity index (χ0) is 21.3. The van der Waals surface area contributed by atoms with Gasteiger partial charge in [-0.25, -0.2) is 0 Å². The van der Waals surface area contributed by atoms with E-state index in [2.05, 4.69) is 16.0 Å². The number of hydrogen-bond donors (Lipinski definition) is 11. The molecule has 28 heavy (non-hydrogen) atoms. The van der Waals surface area contributed by atoms with Crippen molar-refractivity contribution in [3.8, 4) is 0 Å². The van der Waals surface area contributed by atoms with Gasteiger partial charge in [-0.15, -0.1) is 0 Å². The molecule has 1 aliphatic heterocycles. The monoisotopic (exact) mass is 429 g/mol. The van der Waals surface area contributed by atoms with Crippen molar-refractivity contribution in [3.05, 3.63) is 11.5 Å². The van der Waals surface area contributed by atoms with E-state index in [1.165, 1.54) is 0 Å². The second-order valence-corrected chi connectivity index (χ2v) is 8.57. The Labute approximate surface area is 163 Å². The summed E-state index contributed by atoms with van der Waals surface area (Å²) in [5, 5.41) is 65.4. The molecular formula is C15H32N3O9P. The zero-order valence-corrected chi connectivity index (χ0v) is 16.4. The Balaban J connectivity index is 2.51. The van der Waals surface area contributed by atoms with E-state index < -0.39 is 45.0 Å². The second kappa shape index (κ2) is 12.0. The van der Waals surface area contributed by atoms with E-state index in [1.807, 2.05) is 0 Å². The Bertz CT molecular complexity index is 545. The van der Waals surface area contributed by atoms with Gasteiger partial charge in [-0.05, 0) is 19.3 Å². The summed E-state index contributed by atoms with van der Waals surface area (Å²) in [6, 6.07) is 0. The van der Waals surface area contributed by atoms with Gasteiger partial charge in [0.25, 0.3) is 0 Å². The molecule has 0 saturated heterocycles. The molecule has 1 heterocycles. The van der Waals surface area contributed by atoms with E-state index in [0.29, 0.717) is 37.7 Å². The van der Waals surface area contributed by atoms with Crippen molar-refractivity contribution in [2.24, 2.45) is 0 Å². The van der Waals surface area contributed by atoms with E-state index >= 15 is 0 Å². The van der Waals surface area contributed by atoms with Crippen molar-refractivity contribution in [1.82, 2.24) is 16.0 Å². The van der Waals surface area contributed by atoms with E-state index in [1.54, 1.807) is 0 Å². The van der Waals surface area contributed by atoms with Crippen LogP contribution in [-0.2, 0) is 4.57 Å². The molecule has 166 valence electrons. The number of aliphatic hydroxyl groups excluding tert-OH is 6. The summed E-state index contributed by atoms with van der Waals surface area (Å²) in [6.07, 6.45) is -3.89. The van der Waals surface area contributed by atoms with Crippen molar-refractivity contribution < 1.29 is 45.0 Å². The summed E-state index contributed by atoms with van der Waals surface area (Å²) < 4.78 is 10.8. The maximum Gasteiger partial charge on any atom is 0.325 e. The predicted octanol–water partition coefficient (Wildman–Crippen LogP) is -2.66. The highest BCUT2D eigenvalue weighted by atomic mass is 31.2. The maximum atomic E-state index is 10.8. The minimum absolute atomic E-state index is 0.166. The maximum absolute atomic E-state index is 10.8. The molecule has 11 N–H and O–H groups in total. The summed E-state index contributed by atoms with van der Waals surface area (Å²) in [7, 11) is -3.99. The molecule has 1 aliphatic rings. The van der Waals surface area contributed by atoms with Crippen molar-refractivity contribution in [1.29, 1.82) is 0 Å². The van der Waals surface area contributed by atoms with Crippen LogP contribution in [0.3, 0.4) is 0 Å². The molecule has 13 heteroatoms. The van der Waals surface area contributed by atoms with Crippen LogP contribution in [0.5, 0.6) is 0 Å². The number of unbranched alkanes of at least 4 members (excludes halogenated alkanes) is 3. The molecule has 0 aromatic rings. The first-order valence-electron chi connectivity index (χ1n) is 9.11. The molecule has 0 spiro atoms. The van der Waals surface area contributed by atoms with Crippen LogP contribution < -0.4 is 16.0 Å². The Kier molecular flexibility index (Phi) is 10.8. The fourth-order valence-corrected chi connectivity index (χ4v) is 3.45. The molecule has 0 aliphatic carbocycles. The summed E-state index contributed by atoms with van der Waals surface area (Å²) in [5.41, 5.74) is 0.477. The lowest BCUT2D eigenvalue weighted by Gasteiger charge is -2.33. The third-order valence-corrected chi connectivity index (χ3v) is 5.30. The fourth-order valence-electron chi connectivity index (χ4n) is 2.81. The van der Waals surface area contributed by atoms with Crippen LogP contribution in [0, 0.1) is 0 Å². The molecule has 1 rings (SSSR count). The molecule has 12 nitrogen and oxygen atoms in total. The zero-order valence-electron chi connectivity index (χ0n) is 15.5. The van der Waals surface area contributed by atoms with Gasteiger partial charge in [0.1, 0.15) is 12.2 Å². The summed E-state index contributed by atoms with van der Waals surface area (Å²) in [6.45, 7) is -0.905. The van der Waals surface area contributed by atoms with Crippen molar-refractivity contribution in [3.63, 3.8) is 0 Å². The molecule has 0 bridgehead atoms. The van der Waals surface area contributed by atoms with Crippen LogP contribution in [0.4, 0.5) is 0 Å². The average molecular weight is 429 g/mol. The number of nitrogens with one attached hydrogen (secondary N) is 3. The van der Waals surface area contributed by atoms with Crippen molar-refractivity contribution in [2.75, 3.05) is 19.3 Å². The quantitative estimate of drug-likeness (QED) is 0.107. The topological polar surface area (TPSA) is 215 Å². The number of aliphatic hydroxyl groups is 6.